The summed E-state index contributed by atoms with van der Waals surface area (Å²) in [5, 5.41) is 14.3. The van der Waals surface area contributed by atoms with Crippen molar-refractivity contribution in [1.29, 1.82) is 0 Å². The normalized spacial score (nSPS) is 16.9. The Morgan fingerprint density at radius 3 is 2.54 bits per heavy atom. The largest absolute Gasteiger partial charge is 0.444 e. The number of rotatable bonds is 3. The van der Waals surface area contributed by atoms with Crippen molar-refractivity contribution in [3.63, 3.8) is 0 Å². The van der Waals surface area contributed by atoms with Crippen LogP contribution in [0.4, 0.5) is 22.0 Å². The number of nitrogens with two attached hydrogens (primary N) is 1. The molecule has 1 amide bonds. The number of alkyl carbamates (subject to hydrolysis) is 1. The third-order valence-electron chi connectivity index (χ3n) is 4.18. The van der Waals surface area contributed by atoms with E-state index in [1.807, 2.05) is 11.8 Å². The molecule has 0 bridgehead atoms. The van der Waals surface area contributed by atoms with E-state index in [0.717, 1.165) is 0 Å². The van der Waals surface area contributed by atoms with Crippen LogP contribution in [0.15, 0.2) is 10.7 Å². The predicted octanol–water partition coefficient (Wildman–Crippen LogP) is 3.22. The maximum atomic E-state index is 12.0. The van der Waals surface area contributed by atoms with Gasteiger partial charge in [-0.15, -0.1) is 0 Å². The van der Waals surface area contributed by atoms with E-state index in [1.165, 1.54) is 6.20 Å². The lowest BCUT2D eigenvalue weighted by Gasteiger charge is -2.40. The van der Waals surface area contributed by atoms with Gasteiger partial charge in [-0.1, -0.05) is 0 Å². The third kappa shape index (κ3) is 4.75. The first-order chi connectivity index (χ1) is 11.9. The van der Waals surface area contributed by atoms with Gasteiger partial charge in [-0.3, -0.25) is 10.1 Å². The summed E-state index contributed by atoms with van der Waals surface area (Å²) in [6.07, 6.45) is 2.19. The van der Waals surface area contributed by atoms with Crippen LogP contribution in [0.5, 0.6) is 0 Å². The summed E-state index contributed by atoms with van der Waals surface area (Å²) in [5.41, 5.74) is 4.67. The first-order valence-corrected chi connectivity index (χ1v) is 9.06. The fourth-order valence-corrected chi connectivity index (χ4v) is 3.07. The third-order valence-corrected chi connectivity index (χ3v) is 4.81. The van der Waals surface area contributed by atoms with Gasteiger partial charge < -0.3 is 20.7 Å². The lowest BCUT2D eigenvalue weighted by Crippen LogP contribution is -2.54. The summed E-state index contributed by atoms with van der Waals surface area (Å²) < 4.78 is 5.70. The molecule has 1 aromatic rings. The number of nitrogens with one attached hydrogen (secondary N) is 1. The number of nitrogen functional groups attached to an aromatic ring is 1. The zero-order valence-corrected chi connectivity index (χ0v) is 16.9. The van der Waals surface area contributed by atoms with Gasteiger partial charge in [0.25, 0.3) is 0 Å². The number of carbonyl (C=O) groups excluding carboxylic acids is 1. The van der Waals surface area contributed by atoms with E-state index in [2.05, 4.69) is 26.2 Å². The number of carbonyl (C=O) groups is 1. The zero-order valence-electron chi connectivity index (χ0n) is 15.3. The van der Waals surface area contributed by atoms with Crippen molar-refractivity contribution in [2.45, 2.75) is 51.7 Å². The summed E-state index contributed by atoms with van der Waals surface area (Å²) >= 11 is 3.17. The van der Waals surface area contributed by atoms with Crippen molar-refractivity contribution < 1.29 is 14.5 Å². The van der Waals surface area contributed by atoms with Crippen LogP contribution in [0.2, 0.25) is 0 Å². The quantitative estimate of drug-likeness (QED) is 0.557. The van der Waals surface area contributed by atoms with Gasteiger partial charge in [0.2, 0.25) is 5.82 Å². The number of piperidine rings is 1. The van der Waals surface area contributed by atoms with E-state index in [1.54, 1.807) is 20.8 Å². The van der Waals surface area contributed by atoms with Crippen molar-refractivity contribution in [1.82, 2.24) is 10.3 Å². The van der Waals surface area contributed by atoms with Crippen LogP contribution < -0.4 is 16.0 Å². The summed E-state index contributed by atoms with van der Waals surface area (Å²) in [6.45, 7) is 8.36. The first kappa shape index (κ1) is 20.2. The Morgan fingerprint density at radius 2 is 2.04 bits per heavy atom. The molecule has 1 saturated heterocycles. The molecular formula is C16H24BrN5O4. The average molecular weight is 430 g/mol. The molecule has 1 fully saturated rings. The summed E-state index contributed by atoms with van der Waals surface area (Å²) in [5.74, 6) is 0.245. The zero-order chi connectivity index (χ0) is 19.7. The van der Waals surface area contributed by atoms with Gasteiger partial charge in [0, 0.05) is 24.8 Å². The number of pyridine rings is 1. The van der Waals surface area contributed by atoms with Crippen LogP contribution in [0.25, 0.3) is 0 Å². The Morgan fingerprint density at radius 1 is 1.46 bits per heavy atom. The molecule has 0 aromatic carbocycles. The number of anilines is 2. The molecule has 26 heavy (non-hydrogen) atoms. The van der Waals surface area contributed by atoms with Gasteiger partial charge in [0.1, 0.15) is 11.3 Å². The van der Waals surface area contributed by atoms with Crippen LogP contribution in [-0.2, 0) is 4.74 Å². The van der Waals surface area contributed by atoms with E-state index < -0.39 is 22.2 Å². The number of nitrogens with zero attached hydrogens (tertiary/aromatic N) is 3. The highest BCUT2D eigenvalue weighted by Gasteiger charge is 2.36. The highest BCUT2D eigenvalue weighted by molar-refractivity contribution is 9.10. The Balaban J connectivity index is 2.10. The number of hydrogen-bond donors (Lipinski definition) is 2. The van der Waals surface area contributed by atoms with E-state index in [4.69, 9.17) is 10.5 Å². The topological polar surface area (TPSA) is 124 Å². The molecule has 1 aliphatic heterocycles. The van der Waals surface area contributed by atoms with Crippen LogP contribution in [0.3, 0.4) is 0 Å². The fraction of sp³-hybridized carbons (Fsp3) is 0.625. The van der Waals surface area contributed by atoms with Gasteiger partial charge in [0.15, 0.2) is 0 Å². The number of nitro groups is 1. The highest BCUT2D eigenvalue weighted by Crippen LogP contribution is 2.38. The van der Waals surface area contributed by atoms with Gasteiger partial charge in [0.05, 0.1) is 9.40 Å². The molecule has 144 valence electrons. The van der Waals surface area contributed by atoms with E-state index >= 15 is 0 Å². The summed E-state index contributed by atoms with van der Waals surface area (Å²) in [4.78, 5) is 28.9. The molecule has 2 heterocycles. The molecule has 0 atom stereocenters. The number of amides is 1. The smallest absolute Gasteiger partial charge is 0.408 e. The molecule has 0 aliphatic carbocycles. The fourth-order valence-electron chi connectivity index (χ4n) is 2.78. The molecule has 1 aliphatic rings. The molecular weight excluding hydrogens is 406 g/mol. The van der Waals surface area contributed by atoms with E-state index in [0.29, 0.717) is 30.4 Å². The van der Waals surface area contributed by atoms with Crippen molar-refractivity contribution >= 4 is 39.2 Å². The second-order valence-electron chi connectivity index (χ2n) is 7.62. The predicted molar refractivity (Wildman–Crippen MR) is 102 cm³/mol. The number of hydrogen-bond acceptors (Lipinski definition) is 7. The standard InChI is InChI=1S/C16H24BrN5O4/c1-15(2,3)26-14(23)20-16(4)5-7-21(8-6-16)13-12(22(24)25)11(18)10(17)9-19-13/h9H,5-8H2,1-4H3,(H2,18,19)(H,20,23). The molecule has 9 nitrogen and oxygen atoms in total. The molecule has 0 unspecified atom stereocenters. The minimum absolute atomic E-state index is 0.0558. The lowest BCUT2D eigenvalue weighted by molar-refractivity contribution is -0.383. The Bertz CT molecular complexity index is 711. The number of aromatic nitrogens is 1. The van der Waals surface area contributed by atoms with Crippen molar-refractivity contribution in [3.8, 4) is 0 Å². The van der Waals surface area contributed by atoms with Gasteiger partial charge in [-0.2, -0.15) is 0 Å². The number of halogens is 1. The maximum absolute atomic E-state index is 12.0. The van der Waals surface area contributed by atoms with Crippen molar-refractivity contribution in [2.24, 2.45) is 0 Å². The second kappa shape index (κ2) is 7.26. The van der Waals surface area contributed by atoms with Crippen LogP contribution in [0.1, 0.15) is 40.5 Å². The molecule has 0 radical (unpaired) electrons. The van der Waals surface area contributed by atoms with Crippen LogP contribution >= 0.6 is 15.9 Å². The number of ether oxygens (including phenoxy) is 1. The Kier molecular flexibility index (Phi) is 5.64. The summed E-state index contributed by atoms with van der Waals surface area (Å²) in [7, 11) is 0. The first-order valence-electron chi connectivity index (χ1n) is 8.26. The second-order valence-corrected chi connectivity index (χ2v) is 8.48. The van der Waals surface area contributed by atoms with E-state index in [-0.39, 0.29) is 17.2 Å². The van der Waals surface area contributed by atoms with E-state index in [9.17, 15) is 14.9 Å². The molecule has 10 heteroatoms. The summed E-state index contributed by atoms with van der Waals surface area (Å²) in [6, 6.07) is 0. The van der Waals surface area contributed by atoms with Crippen LogP contribution in [-0.4, -0.2) is 40.2 Å². The lowest BCUT2D eigenvalue weighted by atomic mass is 9.89. The molecule has 0 spiro atoms. The SMILES string of the molecule is CC1(NC(=O)OC(C)(C)C)CCN(c2ncc(Br)c(N)c2[N+](=O)[O-])CC1. The molecule has 2 rings (SSSR count). The molecule has 1 aromatic heterocycles. The molecule has 0 saturated carbocycles. The Hall–Kier alpha value is -2.10. The van der Waals surface area contributed by atoms with Gasteiger partial charge in [-0.05, 0) is 56.5 Å². The highest BCUT2D eigenvalue weighted by atomic mass is 79.9. The van der Waals surface area contributed by atoms with Gasteiger partial charge in [-0.25, -0.2) is 9.78 Å². The minimum atomic E-state index is -0.569. The Labute approximate surface area is 160 Å². The van der Waals surface area contributed by atoms with Crippen molar-refractivity contribution in [2.75, 3.05) is 23.7 Å². The average Bonchev–Trinajstić information content (AvgIpc) is 2.48. The van der Waals surface area contributed by atoms with Gasteiger partial charge >= 0.3 is 11.8 Å². The van der Waals surface area contributed by atoms with Crippen LogP contribution in [0, 0.1) is 10.1 Å². The van der Waals surface area contributed by atoms with Crippen molar-refractivity contribution in [3.05, 3.63) is 20.8 Å². The minimum Gasteiger partial charge on any atom is -0.444 e. The monoisotopic (exact) mass is 429 g/mol. The maximum Gasteiger partial charge on any atom is 0.408 e. The molecule has 3 N–H and O–H groups in total.